The van der Waals surface area contributed by atoms with Gasteiger partial charge in [0.25, 0.3) is 0 Å². The third-order valence-electron chi connectivity index (χ3n) is 11.7. The van der Waals surface area contributed by atoms with Crippen LogP contribution in [0.4, 0.5) is 0 Å². The van der Waals surface area contributed by atoms with Gasteiger partial charge in [-0.3, -0.25) is 4.79 Å². The maximum atomic E-state index is 13.1. The molecule has 322 valence electrons. The van der Waals surface area contributed by atoms with E-state index in [4.69, 9.17) is 9.47 Å². The lowest BCUT2D eigenvalue weighted by molar-refractivity contribution is 0.0441. The van der Waals surface area contributed by atoms with E-state index in [-0.39, 0.29) is 5.78 Å². The number of carbonyl (C=O) groups excluding carboxylic acids is 3. The van der Waals surface area contributed by atoms with Crippen molar-refractivity contribution in [1.82, 2.24) is 0 Å². The summed E-state index contributed by atoms with van der Waals surface area (Å²) in [6.45, 7) is 14.5. The minimum Gasteiger partial charge on any atom is -0.462 e. The second-order valence-corrected chi connectivity index (χ2v) is 16.3. The Morgan fingerprint density at radius 3 is 0.983 bits per heavy atom. The van der Waals surface area contributed by atoms with Crippen molar-refractivity contribution in [2.75, 3.05) is 13.2 Å². The van der Waals surface area contributed by atoms with Crippen LogP contribution in [0, 0.1) is 23.7 Å². The van der Waals surface area contributed by atoms with Crippen LogP contribution >= 0.6 is 0 Å². The molecule has 0 aliphatic rings. The van der Waals surface area contributed by atoms with Crippen LogP contribution < -0.4 is 0 Å². The minimum atomic E-state index is -0.420. The summed E-state index contributed by atoms with van der Waals surface area (Å²) in [4.78, 5) is 38.0. The molecule has 0 bridgehead atoms. The van der Waals surface area contributed by atoms with Crippen molar-refractivity contribution in [2.24, 2.45) is 23.7 Å². The van der Waals surface area contributed by atoms with E-state index >= 15 is 0 Å². The summed E-state index contributed by atoms with van der Waals surface area (Å²) >= 11 is 0. The van der Waals surface area contributed by atoms with Crippen molar-refractivity contribution >= 4 is 17.7 Å². The first-order valence-electron chi connectivity index (χ1n) is 23.4. The quantitative estimate of drug-likeness (QED) is 0.0382. The topological polar surface area (TPSA) is 69.7 Å². The van der Waals surface area contributed by atoms with Gasteiger partial charge in [-0.15, -0.1) is 0 Å². The molecule has 5 heteroatoms. The fourth-order valence-electron chi connectivity index (χ4n) is 8.43. The molecule has 0 heterocycles. The Morgan fingerprint density at radius 1 is 0.379 bits per heavy atom. The van der Waals surface area contributed by atoms with Gasteiger partial charge in [-0.2, -0.15) is 0 Å². The van der Waals surface area contributed by atoms with Crippen LogP contribution in [0.1, 0.15) is 207 Å². The molecule has 0 N–H and O–H groups in total. The van der Waals surface area contributed by atoms with Crippen molar-refractivity contribution < 1.29 is 23.9 Å². The predicted molar refractivity (Wildman–Crippen MR) is 244 cm³/mol. The van der Waals surface area contributed by atoms with Gasteiger partial charge in [0.05, 0.1) is 24.3 Å². The van der Waals surface area contributed by atoms with E-state index in [1.807, 2.05) is 60.7 Å². The monoisotopic (exact) mass is 797 g/mol. The van der Waals surface area contributed by atoms with Crippen LogP contribution in [0.15, 0.2) is 84.9 Å². The Hall–Kier alpha value is -3.73. The van der Waals surface area contributed by atoms with Gasteiger partial charge in [-0.05, 0) is 61.5 Å². The molecular weight excluding hydrogens is 717 g/mol. The molecule has 0 aliphatic carbocycles. The Balaban J connectivity index is 0.000000685. The molecular formula is C53H80O5. The Morgan fingerprint density at radius 2 is 0.672 bits per heavy atom. The number of benzene rings is 3. The number of esters is 2. The number of carbonyl (C=O) groups is 3. The van der Waals surface area contributed by atoms with Gasteiger partial charge in [0.15, 0.2) is 5.78 Å². The van der Waals surface area contributed by atoms with Gasteiger partial charge < -0.3 is 9.47 Å². The summed E-state index contributed by atoms with van der Waals surface area (Å²) in [5, 5.41) is 0. The van der Waals surface area contributed by atoms with E-state index in [1.165, 1.54) is 103 Å². The van der Waals surface area contributed by atoms with E-state index in [0.29, 0.717) is 36.2 Å². The largest absolute Gasteiger partial charge is 0.462 e. The van der Waals surface area contributed by atoms with Crippen LogP contribution in [0.2, 0.25) is 0 Å². The molecule has 5 nitrogen and oxygen atoms in total. The molecule has 3 rings (SSSR count). The Labute approximate surface area is 354 Å². The zero-order valence-electron chi connectivity index (χ0n) is 37.5. The fraction of sp³-hybridized carbons (Fsp3) is 0.604. The Kier molecular flexibility index (Phi) is 28.0. The number of ether oxygens (including phenoxy) is 2. The number of hydrogen-bond donors (Lipinski definition) is 0. The lowest BCUT2D eigenvalue weighted by Crippen LogP contribution is -2.18. The van der Waals surface area contributed by atoms with Crippen LogP contribution in [-0.2, 0) is 9.47 Å². The minimum absolute atomic E-state index is 0.0752. The van der Waals surface area contributed by atoms with Gasteiger partial charge in [-0.1, -0.05) is 217 Å². The normalized spacial score (nSPS) is 13.1. The van der Waals surface area contributed by atoms with Crippen molar-refractivity contribution in [2.45, 2.75) is 170 Å². The number of rotatable bonds is 30. The molecule has 0 amide bonds. The first kappa shape index (κ1) is 50.4. The fourth-order valence-corrected chi connectivity index (χ4v) is 8.43. The van der Waals surface area contributed by atoms with E-state index in [2.05, 4.69) is 41.5 Å². The summed E-state index contributed by atoms with van der Waals surface area (Å²) in [6, 6.07) is 25.6. The molecule has 58 heavy (non-hydrogen) atoms. The number of hydrogen-bond acceptors (Lipinski definition) is 5. The summed E-state index contributed by atoms with van der Waals surface area (Å²) < 4.78 is 11.4. The SMILES string of the molecule is CCCCC(CCC)C(CCCC)CCCOC(=O)c1ccccc1C(=O)OCCCC(CCCC)C(CCC)CCCC.O=C(c1ccccc1)c1ccccc1. The molecule has 3 aromatic carbocycles. The first-order valence-corrected chi connectivity index (χ1v) is 23.4. The van der Waals surface area contributed by atoms with Gasteiger partial charge >= 0.3 is 11.9 Å². The number of ketones is 1. The molecule has 0 saturated heterocycles. The van der Waals surface area contributed by atoms with Crippen LogP contribution in [0.25, 0.3) is 0 Å². The van der Waals surface area contributed by atoms with E-state index < -0.39 is 11.9 Å². The maximum absolute atomic E-state index is 13.1. The molecule has 0 radical (unpaired) electrons. The van der Waals surface area contributed by atoms with Gasteiger partial charge in [-0.25, -0.2) is 9.59 Å². The van der Waals surface area contributed by atoms with Crippen molar-refractivity contribution in [3.05, 3.63) is 107 Å². The van der Waals surface area contributed by atoms with Gasteiger partial charge in [0.1, 0.15) is 0 Å². The molecule has 4 unspecified atom stereocenters. The first-order chi connectivity index (χ1) is 28.3. The highest BCUT2D eigenvalue weighted by atomic mass is 16.5. The molecule has 0 saturated carbocycles. The second-order valence-electron chi connectivity index (χ2n) is 16.3. The predicted octanol–water partition coefficient (Wildman–Crippen LogP) is 15.3. The van der Waals surface area contributed by atoms with E-state index in [0.717, 1.165) is 48.6 Å². The van der Waals surface area contributed by atoms with E-state index in [1.54, 1.807) is 24.3 Å². The van der Waals surface area contributed by atoms with Gasteiger partial charge in [0.2, 0.25) is 0 Å². The third kappa shape index (κ3) is 19.8. The average molecular weight is 797 g/mol. The summed E-state index contributed by atoms with van der Waals surface area (Å²) in [6.07, 6.45) is 24.2. The summed E-state index contributed by atoms with van der Waals surface area (Å²) in [5.41, 5.74) is 2.10. The molecule has 3 aromatic rings. The average Bonchev–Trinajstić information content (AvgIpc) is 3.26. The summed E-state index contributed by atoms with van der Waals surface area (Å²) in [7, 11) is 0. The zero-order valence-corrected chi connectivity index (χ0v) is 37.5. The standard InChI is InChI=1S/C40H70O4.C13H10O/c1-7-13-23-33(21-11-5)35(25-15-9-3)27-19-31-43-39(41)37-29-17-18-30-38(37)40(42)44-32-20-28-36(26-16-10-4)34(22-12-6)24-14-8-2;14-13(11-7-3-1-4-8-11)12-9-5-2-6-10-12/h17-18,29-30,33-36H,7-16,19-28,31-32H2,1-6H3;1-10H. The molecule has 0 fully saturated rings. The lowest BCUT2D eigenvalue weighted by atomic mass is 9.79. The molecule has 4 atom stereocenters. The second kappa shape index (κ2) is 32.2. The van der Waals surface area contributed by atoms with E-state index in [9.17, 15) is 14.4 Å². The number of unbranched alkanes of at least 4 members (excludes halogenated alkanes) is 4. The van der Waals surface area contributed by atoms with Gasteiger partial charge in [0, 0.05) is 11.1 Å². The molecule has 0 aromatic heterocycles. The Bertz CT molecular complexity index is 1370. The molecule has 0 spiro atoms. The van der Waals surface area contributed by atoms with Crippen LogP contribution in [0.5, 0.6) is 0 Å². The van der Waals surface area contributed by atoms with Crippen LogP contribution in [-0.4, -0.2) is 30.9 Å². The lowest BCUT2D eigenvalue weighted by Gasteiger charge is -2.27. The zero-order chi connectivity index (χ0) is 42.2. The van der Waals surface area contributed by atoms with Crippen molar-refractivity contribution in [1.29, 1.82) is 0 Å². The van der Waals surface area contributed by atoms with Crippen molar-refractivity contribution in [3.8, 4) is 0 Å². The highest BCUT2D eigenvalue weighted by Gasteiger charge is 2.23. The smallest absolute Gasteiger partial charge is 0.339 e. The summed E-state index contributed by atoms with van der Waals surface area (Å²) in [5.74, 6) is 2.18. The highest BCUT2D eigenvalue weighted by molar-refractivity contribution is 6.08. The highest BCUT2D eigenvalue weighted by Crippen LogP contribution is 2.33. The molecule has 0 aliphatic heterocycles. The maximum Gasteiger partial charge on any atom is 0.339 e. The van der Waals surface area contributed by atoms with Crippen molar-refractivity contribution in [3.63, 3.8) is 0 Å². The van der Waals surface area contributed by atoms with Crippen LogP contribution in [0.3, 0.4) is 0 Å². The third-order valence-corrected chi connectivity index (χ3v) is 11.7.